The minimum absolute atomic E-state index is 0.0580. The molecule has 20 heavy (non-hydrogen) atoms. The highest BCUT2D eigenvalue weighted by atomic mass is 19.1. The van der Waals surface area contributed by atoms with E-state index in [2.05, 4.69) is 4.90 Å². The second kappa shape index (κ2) is 5.62. The summed E-state index contributed by atoms with van der Waals surface area (Å²) in [6.45, 7) is 2.64. The van der Waals surface area contributed by atoms with Crippen LogP contribution in [0, 0.1) is 17.7 Å². The van der Waals surface area contributed by atoms with Gasteiger partial charge in [0, 0.05) is 37.5 Å². The summed E-state index contributed by atoms with van der Waals surface area (Å²) in [4.78, 5) is 14.3. The molecule has 0 radical (unpaired) electrons. The van der Waals surface area contributed by atoms with Gasteiger partial charge >= 0.3 is 0 Å². The van der Waals surface area contributed by atoms with Gasteiger partial charge in [-0.25, -0.2) is 4.39 Å². The Balaban J connectivity index is 1.50. The summed E-state index contributed by atoms with van der Waals surface area (Å²) < 4.78 is 12.8. The van der Waals surface area contributed by atoms with E-state index in [4.69, 9.17) is 0 Å². The van der Waals surface area contributed by atoms with E-state index in [1.54, 1.807) is 12.1 Å². The van der Waals surface area contributed by atoms with Crippen molar-refractivity contribution in [1.29, 1.82) is 0 Å². The Kier molecular flexibility index (Phi) is 3.85. The molecular weight excluding hydrogens is 257 g/mol. The van der Waals surface area contributed by atoms with Crippen molar-refractivity contribution >= 4 is 5.78 Å². The van der Waals surface area contributed by atoms with E-state index in [1.807, 2.05) is 0 Å². The molecule has 4 heteroatoms. The van der Waals surface area contributed by atoms with Crippen LogP contribution < -0.4 is 0 Å². The minimum atomic E-state index is -0.317. The van der Waals surface area contributed by atoms with E-state index in [9.17, 15) is 14.3 Å². The first-order chi connectivity index (χ1) is 9.63. The Morgan fingerprint density at radius 3 is 2.70 bits per heavy atom. The van der Waals surface area contributed by atoms with Gasteiger partial charge in [-0.05, 0) is 43.0 Å². The maximum Gasteiger partial charge on any atom is 0.164 e. The van der Waals surface area contributed by atoms with Gasteiger partial charge in [-0.15, -0.1) is 0 Å². The number of aliphatic hydroxyl groups is 1. The number of ketones is 1. The molecule has 1 aromatic carbocycles. The number of benzene rings is 1. The maximum atomic E-state index is 12.8. The highest BCUT2D eigenvalue weighted by Gasteiger charge is 2.41. The summed E-state index contributed by atoms with van der Waals surface area (Å²) in [7, 11) is 0. The number of Topliss-reactive ketones (excluding diaryl/α,β-unsaturated/α-hetero) is 1. The van der Waals surface area contributed by atoms with E-state index in [-0.39, 0.29) is 17.7 Å². The second-order valence-corrected chi connectivity index (χ2v) is 6.01. The van der Waals surface area contributed by atoms with E-state index >= 15 is 0 Å². The van der Waals surface area contributed by atoms with Crippen LogP contribution in [0.5, 0.6) is 0 Å². The van der Waals surface area contributed by atoms with E-state index in [0.717, 1.165) is 32.5 Å². The largest absolute Gasteiger partial charge is 0.393 e. The smallest absolute Gasteiger partial charge is 0.164 e. The summed E-state index contributed by atoms with van der Waals surface area (Å²) in [5, 5.41) is 9.87. The molecule has 0 aromatic heterocycles. The van der Waals surface area contributed by atoms with Crippen LogP contribution in [0.2, 0.25) is 0 Å². The zero-order chi connectivity index (χ0) is 14.1. The van der Waals surface area contributed by atoms with Crippen molar-refractivity contribution in [2.24, 2.45) is 11.8 Å². The predicted molar refractivity (Wildman–Crippen MR) is 74.0 cm³/mol. The van der Waals surface area contributed by atoms with Crippen molar-refractivity contribution in [1.82, 2.24) is 4.90 Å². The van der Waals surface area contributed by atoms with Gasteiger partial charge in [0.25, 0.3) is 0 Å². The van der Waals surface area contributed by atoms with Crippen LogP contribution >= 0.6 is 0 Å². The molecule has 1 heterocycles. The van der Waals surface area contributed by atoms with Gasteiger partial charge in [0.05, 0.1) is 6.10 Å². The van der Waals surface area contributed by atoms with Crippen molar-refractivity contribution in [3.05, 3.63) is 35.6 Å². The van der Waals surface area contributed by atoms with Crippen molar-refractivity contribution in [2.75, 3.05) is 19.6 Å². The number of hydrogen-bond acceptors (Lipinski definition) is 3. The van der Waals surface area contributed by atoms with Crippen LogP contribution in [0.4, 0.5) is 4.39 Å². The molecule has 1 N–H and O–H groups in total. The van der Waals surface area contributed by atoms with Crippen molar-refractivity contribution in [3.63, 3.8) is 0 Å². The number of nitrogens with zero attached hydrogens (tertiary/aromatic N) is 1. The second-order valence-electron chi connectivity index (χ2n) is 6.01. The lowest BCUT2D eigenvalue weighted by Crippen LogP contribution is -2.27. The third kappa shape index (κ3) is 2.76. The van der Waals surface area contributed by atoms with Crippen LogP contribution in [0.3, 0.4) is 0 Å². The van der Waals surface area contributed by atoms with Crippen LogP contribution in [-0.2, 0) is 0 Å². The monoisotopic (exact) mass is 277 g/mol. The summed E-state index contributed by atoms with van der Waals surface area (Å²) >= 11 is 0. The summed E-state index contributed by atoms with van der Waals surface area (Å²) in [5.41, 5.74) is 0.575. The lowest BCUT2D eigenvalue weighted by Gasteiger charge is -2.17. The molecule has 3 nitrogen and oxygen atoms in total. The van der Waals surface area contributed by atoms with Gasteiger partial charge in [0.1, 0.15) is 5.82 Å². The number of halogens is 1. The summed E-state index contributed by atoms with van der Waals surface area (Å²) in [6.07, 6.45) is 2.34. The molecule has 1 aromatic rings. The lowest BCUT2D eigenvalue weighted by molar-refractivity contribution is 0.0961. The van der Waals surface area contributed by atoms with Gasteiger partial charge in [0.15, 0.2) is 5.78 Å². The first-order valence-corrected chi connectivity index (χ1v) is 7.32. The zero-order valence-electron chi connectivity index (χ0n) is 11.5. The SMILES string of the molecule is O=C(CCN1CC2CCC(O)C2C1)c1ccc(F)cc1. The maximum absolute atomic E-state index is 12.8. The number of carbonyl (C=O) groups is 1. The summed E-state index contributed by atoms with van der Waals surface area (Å²) in [5.74, 6) is 0.743. The Morgan fingerprint density at radius 1 is 1.25 bits per heavy atom. The number of aliphatic hydroxyl groups excluding tert-OH is 1. The average molecular weight is 277 g/mol. The molecule has 0 spiro atoms. The van der Waals surface area contributed by atoms with Crippen LogP contribution in [0.1, 0.15) is 29.6 Å². The van der Waals surface area contributed by atoms with Crippen LogP contribution in [0.25, 0.3) is 0 Å². The predicted octanol–water partition coefficient (Wildman–Crippen LogP) is 2.10. The molecule has 1 aliphatic heterocycles. The van der Waals surface area contributed by atoms with Crippen molar-refractivity contribution < 1.29 is 14.3 Å². The first-order valence-electron chi connectivity index (χ1n) is 7.32. The quantitative estimate of drug-likeness (QED) is 0.857. The molecule has 1 aliphatic carbocycles. The lowest BCUT2D eigenvalue weighted by atomic mass is 10.00. The molecule has 3 atom stereocenters. The molecule has 0 amide bonds. The highest BCUT2D eigenvalue weighted by molar-refractivity contribution is 5.96. The molecule has 1 saturated heterocycles. The third-order valence-electron chi connectivity index (χ3n) is 4.72. The fraction of sp³-hybridized carbons (Fsp3) is 0.562. The number of hydrogen-bond donors (Lipinski definition) is 1. The van der Waals surface area contributed by atoms with Crippen LogP contribution in [0.15, 0.2) is 24.3 Å². The Morgan fingerprint density at radius 2 is 2.00 bits per heavy atom. The highest BCUT2D eigenvalue weighted by Crippen LogP contribution is 2.37. The topological polar surface area (TPSA) is 40.5 Å². The van der Waals surface area contributed by atoms with E-state index in [1.165, 1.54) is 12.1 Å². The number of rotatable bonds is 4. The van der Waals surface area contributed by atoms with Gasteiger partial charge < -0.3 is 10.0 Å². The molecule has 3 unspecified atom stereocenters. The molecule has 1 saturated carbocycles. The molecular formula is C16H20FNO2. The molecule has 3 rings (SSSR count). The van der Waals surface area contributed by atoms with Crippen molar-refractivity contribution in [3.8, 4) is 0 Å². The van der Waals surface area contributed by atoms with Gasteiger partial charge in [-0.3, -0.25) is 4.79 Å². The standard InChI is InChI=1S/C16H20FNO2/c17-13-4-1-11(2-5-13)15(19)7-8-18-9-12-3-6-16(20)14(12)10-18/h1-2,4-5,12,14,16,20H,3,6-10H2. The third-order valence-corrected chi connectivity index (χ3v) is 4.72. The first kappa shape index (κ1) is 13.7. The fourth-order valence-electron chi connectivity index (χ4n) is 3.55. The van der Waals surface area contributed by atoms with E-state index < -0.39 is 0 Å². The molecule has 2 fully saturated rings. The number of likely N-dealkylation sites (tertiary alicyclic amines) is 1. The zero-order valence-corrected chi connectivity index (χ0v) is 11.5. The Labute approximate surface area is 118 Å². The Bertz CT molecular complexity index is 488. The summed E-state index contributed by atoms with van der Waals surface area (Å²) in [6, 6.07) is 5.73. The average Bonchev–Trinajstić information content (AvgIpc) is 2.99. The van der Waals surface area contributed by atoms with Gasteiger partial charge in [-0.1, -0.05) is 0 Å². The normalized spacial score (nSPS) is 29.6. The number of carbonyl (C=O) groups excluding carboxylic acids is 1. The minimum Gasteiger partial charge on any atom is -0.393 e. The van der Waals surface area contributed by atoms with E-state index in [0.29, 0.717) is 23.8 Å². The molecule has 2 aliphatic rings. The molecule has 0 bridgehead atoms. The van der Waals surface area contributed by atoms with Gasteiger partial charge in [-0.2, -0.15) is 0 Å². The number of fused-ring (bicyclic) bond motifs is 1. The van der Waals surface area contributed by atoms with Crippen molar-refractivity contribution in [2.45, 2.75) is 25.4 Å². The van der Waals surface area contributed by atoms with Gasteiger partial charge in [0.2, 0.25) is 0 Å². The van der Waals surface area contributed by atoms with Crippen LogP contribution in [-0.4, -0.2) is 41.5 Å². The Hall–Kier alpha value is -1.26. The molecule has 108 valence electrons. The fourth-order valence-corrected chi connectivity index (χ4v) is 3.55.